The zero-order valence-corrected chi connectivity index (χ0v) is 32.9. The lowest BCUT2D eigenvalue weighted by atomic mass is 9.73. The predicted octanol–water partition coefficient (Wildman–Crippen LogP) is 16.6. The summed E-state index contributed by atoms with van der Waals surface area (Å²) in [6.07, 6.45) is 4.94. The molecule has 57 heavy (non-hydrogen) atoms. The first-order valence-corrected chi connectivity index (χ1v) is 21.9. The van der Waals surface area contributed by atoms with Crippen molar-refractivity contribution in [2.45, 2.75) is 31.1 Å². The average molecular weight is 761 g/mol. The number of fused-ring (bicyclic) bond motifs is 13. The molecule has 0 radical (unpaired) electrons. The molecule has 0 unspecified atom stereocenters. The molecule has 0 N–H and O–H groups in total. The summed E-state index contributed by atoms with van der Waals surface area (Å²) in [5.41, 5.74) is 13.9. The molecule has 2 aromatic heterocycles. The number of thiophene rings is 2. The van der Waals surface area contributed by atoms with E-state index >= 15 is 0 Å². The fraction of sp³-hybridized carbons (Fsp3) is 0.0909. The summed E-state index contributed by atoms with van der Waals surface area (Å²) < 4.78 is 5.35. The van der Waals surface area contributed by atoms with Crippen LogP contribution >= 0.6 is 22.7 Å². The summed E-state index contributed by atoms with van der Waals surface area (Å²) in [4.78, 5) is 0. The Morgan fingerprint density at radius 3 is 1.40 bits per heavy atom. The fourth-order valence-corrected chi connectivity index (χ4v) is 13.5. The van der Waals surface area contributed by atoms with Crippen LogP contribution in [0.3, 0.4) is 0 Å². The highest BCUT2D eigenvalue weighted by molar-refractivity contribution is 7.26. The van der Waals surface area contributed by atoms with Crippen molar-refractivity contribution in [3.63, 3.8) is 0 Å². The first-order chi connectivity index (χ1) is 28.3. The lowest BCUT2D eigenvalue weighted by Gasteiger charge is -2.30. The van der Waals surface area contributed by atoms with Crippen molar-refractivity contribution in [3.8, 4) is 44.5 Å². The van der Waals surface area contributed by atoms with Gasteiger partial charge in [0, 0.05) is 45.8 Å². The second-order valence-electron chi connectivity index (χ2n) is 16.2. The highest BCUT2D eigenvalue weighted by Gasteiger charge is 2.46. The van der Waals surface area contributed by atoms with Crippen LogP contribution < -0.4 is 0 Å². The second-order valence-corrected chi connectivity index (χ2v) is 18.3. The zero-order chi connectivity index (χ0) is 37.2. The molecule has 2 heterocycles. The van der Waals surface area contributed by atoms with Crippen molar-refractivity contribution < 1.29 is 0 Å². The van der Waals surface area contributed by atoms with Crippen molar-refractivity contribution in [3.05, 3.63) is 181 Å². The Labute approximate surface area is 339 Å². The molecule has 13 rings (SSSR count). The van der Waals surface area contributed by atoms with Crippen molar-refractivity contribution in [2.24, 2.45) is 0 Å². The molecule has 0 nitrogen and oxygen atoms in total. The summed E-state index contributed by atoms with van der Waals surface area (Å²) >= 11 is 3.80. The summed E-state index contributed by atoms with van der Waals surface area (Å²) in [6.45, 7) is 0. The van der Waals surface area contributed by atoms with E-state index in [1.165, 1.54) is 138 Å². The highest BCUT2D eigenvalue weighted by atomic mass is 32.1. The van der Waals surface area contributed by atoms with E-state index in [9.17, 15) is 0 Å². The Balaban J connectivity index is 1.20. The van der Waals surface area contributed by atoms with Gasteiger partial charge in [0.25, 0.3) is 0 Å². The monoisotopic (exact) mass is 760 g/mol. The fourth-order valence-electron chi connectivity index (χ4n) is 11.2. The van der Waals surface area contributed by atoms with Crippen LogP contribution in [0, 0.1) is 0 Å². The van der Waals surface area contributed by atoms with Gasteiger partial charge in [-0.1, -0.05) is 152 Å². The minimum atomic E-state index is 0.0363. The first kappa shape index (κ1) is 32.1. The van der Waals surface area contributed by atoms with E-state index in [0.717, 1.165) is 0 Å². The van der Waals surface area contributed by atoms with Gasteiger partial charge in [0.1, 0.15) is 0 Å². The summed E-state index contributed by atoms with van der Waals surface area (Å²) in [7, 11) is 0. The molecule has 1 fully saturated rings. The number of hydrogen-bond acceptors (Lipinski definition) is 2. The van der Waals surface area contributed by atoms with Crippen LogP contribution in [0.1, 0.15) is 36.8 Å². The molecule has 2 heteroatoms. The maximum Gasteiger partial charge on any atom is 0.0361 e. The topological polar surface area (TPSA) is 0 Å². The Morgan fingerprint density at radius 2 is 0.772 bits per heavy atom. The van der Waals surface area contributed by atoms with Crippen molar-refractivity contribution in [2.75, 3.05) is 0 Å². The van der Waals surface area contributed by atoms with Crippen LogP contribution in [0.5, 0.6) is 0 Å². The van der Waals surface area contributed by atoms with Gasteiger partial charge in [-0.05, 0) is 120 Å². The third kappa shape index (κ3) is 4.38. The lowest BCUT2D eigenvalue weighted by Crippen LogP contribution is -2.21. The van der Waals surface area contributed by atoms with Crippen LogP contribution in [0.15, 0.2) is 170 Å². The second kappa shape index (κ2) is 12.0. The van der Waals surface area contributed by atoms with Crippen LogP contribution in [-0.2, 0) is 5.41 Å². The van der Waals surface area contributed by atoms with E-state index in [1.807, 2.05) is 22.7 Å². The van der Waals surface area contributed by atoms with Gasteiger partial charge >= 0.3 is 0 Å². The molecule has 1 saturated carbocycles. The van der Waals surface area contributed by atoms with Crippen molar-refractivity contribution in [1.29, 1.82) is 0 Å². The number of rotatable bonds is 3. The summed E-state index contributed by atoms with van der Waals surface area (Å²) in [5, 5.41) is 10.7. The van der Waals surface area contributed by atoms with E-state index in [1.54, 1.807) is 5.56 Å². The molecule has 0 aliphatic heterocycles. The quantitative estimate of drug-likeness (QED) is 0.157. The highest BCUT2D eigenvalue weighted by Crippen LogP contribution is 2.60. The molecular formula is C55H36S2. The summed E-state index contributed by atoms with van der Waals surface area (Å²) in [5.74, 6) is 0. The van der Waals surface area contributed by atoms with Gasteiger partial charge in [0.05, 0.1) is 0 Å². The lowest BCUT2D eigenvalue weighted by molar-refractivity contribution is 0.551. The Kier molecular flexibility index (Phi) is 6.74. The largest absolute Gasteiger partial charge is 0.135 e. The minimum Gasteiger partial charge on any atom is -0.135 e. The smallest absolute Gasteiger partial charge is 0.0361 e. The Bertz CT molecular complexity index is 3310. The van der Waals surface area contributed by atoms with Gasteiger partial charge in [-0.2, -0.15) is 0 Å². The molecule has 0 bridgehead atoms. The third-order valence-electron chi connectivity index (χ3n) is 13.4. The zero-order valence-electron chi connectivity index (χ0n) is 31.3. The van der Waals surface area contributed by atoms with Gasteiger partial charge < -0.3 is 0 Å². The van der Waals surface area contributed by atoms with Gasteiger partial charge in [-0.3, -0.25) is 0 Å². The first-order valence-electron chi connectivity index (χ1n) is 20.3. The van der Waals surface area contributed by atoms with E-state index in [0.29, 0.717) is 0 Å². The molecule has 11 aromatic rings. The van der Waals surface area contributed by atoms with Gasteiger partial charge in [0.2, 0.25) is 0 Å². The Morgan fingerprint density at radius 1 is 0.333 bits per heavy atom. The molecule has 9 aromatic carbocycles. The van der Waals surface area contributed by atoms with Crippen LogP contribution in [0.4, 0.5) is 0 Å². The van der Waals surface area contributed by atoms with Crippen LogP contribution in [0.25, 0.3) is 106 Å². The molecule has 0 saturated heterocycles. The Hall–Kier alpha value is -6.06. The van der Waals surface area contributed by atoms with Gasteiger partial charge in [0.15, 0.2) is 0 Å². The van der Waals surface area contributed by atoms with E-state index < -0.39 is 0 Å². The molecule has 1 spiro atoms. The normalized spacial score (nSPS) is 14.5. The minimum absolute atomic E-state index is 0.0363. The van der Waals surface area contributed by atoms with Crippen LogP contribution in [0.2, 0.25) is 0 Å². The van der Waals surface area contributed by atoms with Crippen molar-refractivity contribution >= 4 is 84.6 Å². The molecule has 2 aliphatic carbocycles. The maximum atomic E-state index is 2.54. The molecular weight excluding hydrogens is 725 g/mol. The number of benzene rings is 9. The predicted molar refractivity (Wildman–Crippen MR) is 248 cm³/mol. The molecule has 0 amide bonds. The van der Waals surface area contributed by atoms with E-state index in [-0.39, 0.29) is 5.41 Å². The van der Waals surface area contributed by atoms with Crippen LogP contribution in [-0.4, -0.2) is 0 Å². The van der Waals surface area contributed by atoms with Gasteiger partial charge in [-0.15, -0.1) is 22.7 Å². The molecule has 0 atom stereocenters. The van der Waals surface area contributed by atoms with E-state index in [2.05, 4.69) is 170 Å². The standard InChI is InChI=1S/C55H36S2/c1-4-25-46-35(14-1)40-23-11-24-43(54(40)55(46)30-7-8-31-55)51-38-19-9-17-33(36-21-12-28-49-52(36)41-15-2-5-26-47(41)56-49)44(38)32-45-34(18-10-20-39(45)51)37-22-13-29-50-53(37)42-16-3-6-27-48(42)57-50/h1-6,9-29,32H,7-8,30-31H2. The maximum absolute atomic E-state index is 2.54. The SMILES string of the molecule is c1ccc2c(c1)-c1cccc(-c3c4cccc(-c5cccc6sc7ccccc7c56)c4cc4c(-c5cccc6sc7ccccc7c56)cccc34)c1C21CCCC1. The van der Waals surface area contributed by atoms with Crippen molar-refractivity contribution in [1.82, 2.24) is 0 Å². The van der Waals surface area contributed by atoms with Gasteiger partial charge in [-0.25, -0.2) is 0 Å². The third-order valence-corrected chi connectivity index (χ3v) is 15.7. The average Bonchev–Trinajstić information content (AvgIpc) is 4.06. The molecule has 2 aliphatic rings. The van der Waals surface area contributed by atoms with E-state index in [4.69, 9.17) is 0 Å². The summed E-state index contributed by atoms with van der Waals surface area (Å²) in [6, 6.07) is 64.9. The molecule has 268 valence electrons. The number of hydrogen-bond donors (Lipinski definition) is 0.